The first-order valence-corrected chi connectivity index (χ1v) is 15.4. The molecule has 0 atom stereocenters. The van der Waals surface area contributed by atoms with Crippen molar-refractivity contribution < 1.29 is 7.16 Å². The Morgan fingerprint density at radius 3 is 2.29 bits per heavy atom. The molecule has 5 aromatic rings. The van der Waals surface area contributed by atoms with E-state index >= 15 is 0 Å². The minimum atomic E-state index is -1.49. The molecule has 0 radical (unpaired) electrons. The van der Waals surface area contributed by atoms with E-state index < -0.39 is 19.9 Å². The fraction of sp³-hybridized carbons (Fsp3) is 0.258. The van der Waals surface area contributed by atoms with Crippen molar-refractivity contribution in [3.05, 3.63) is 84.6 Å². The molecule has 3 heteroatoms. The van der Waals surface area contributed by atoms with Crippen molar-refractivity contribution in [1.82, 2.24) is 4.98 Å². The molecule has 0 saturated heterocycles. The summed E-state index contributed by atoms with van der Waals surface area (Å²) in [6.07, 6.45) is 0.199. The van der Waals surface area contributed by atoms with E-state index in [9.17, 15) is 0 Å². The summed E-state index contributed by atoms with van der Waals surface area (Å²) in [7, 11) is -1.34. The molecule has 0 unspecified atom stereocenters. The lowest BCUT2D eigenvalue weighted by molar-refractivity contribution is 0.411. The van der Waals surface area contributed by atoms with Gasteiger partial charge in [-0.3, -0.25) is 4.98 Å². The molecule has 0 spiro atoms. The van der Waals surface area contributed by atoms with Gasteiger partial charge in [-0.05, 0) is 58.8 Å². The lowest BCUT2D eigenvalue weighted by atomic mass is 9.88. The normalized spacial score (nSPS) is 13.8. The highest BCUT2D eigenvalue weighted by atomic mass is 28.3. The Balaban J connectivity index is 1.60. The van der Waals surface area contributed by atoms with Gasteiger partial charge in [-0.25, -0.2) is 0 Å². The standard InChI is InChI=1S/C31H33NOSi/c1-31(2,3)20-21-16-17-32-28(18-21)27-9-7-8-26-25-15-12-23(19-29(25)33-30(26)27)22-10-13-24(14-11-22)34(4,5)6/h7-19H,20H2,1-6H3/i20D2. The average Bonchev–Trinajstić information content (AvgIpc) is 3.21. The quantitative estimate of drug-likeness (QED) is 0.249. The maximum absolute atomic E-state index is 8.70. The van der Waals surface area contributed by atoms with E-state index in [4.69, 9.17) is 7.16 Å². The van der Waals surface area contributed by atoms with Gasteiger partial charge in [0.15, 0.2) is 0 Å². The minimum absolute atomic E-state index is 0.541. The second-order valence-corrected chi connectivity index (χ2v) is 16.2. The van der Waals surface area contributed by atoms with Crippen LogP contribution in [0, 0.1) is 5.41 Å². The van der Waals surface area contributed by atoms with Gasteiger partial charge in [0, 0.05) is 25.3 Å². The molecule has 0 amide bonds. The summed E-state index contributed by atoms with van der Waals surface area (Å²) in [5.41, 5.74) is 5.59. The second kappa shape index (κ2) is 8.25. The SMILES string of the molecule is [2H]C([2H])(c1ccnc(-c2cccc3c2oc2cc(-c4ccc([Si](C)(C)C)cc4)ccc23)c1)C(C)(C)C. The monoisotopic (exact) mass is 465 g/mol. The summed E-state index contributed by atoms with van der Waals surface area (Å²) in [5, 5.41) is 3.55. The van der Waals surface area contributed by atoms with E-state index in [1.165, 1.54) is 10.8 Å². The van der Waals surface area contributed by atoms with Gasteiger partial charge in [0.1, 0.15) is 11.2 Å². The third-order valence-electron chi connectivity index (χ3n) is 6.14. The van der Waals surface area contributed by atoms with E-state index in [1.54, 1.807) is 12.3 Å². The molecule has 34 heavy (non-hydrogen) atoms. The van der Waals surface area contributed by atoms with E-state index in [1.807, 2.05) is 39.0 Å². The Kier molecular flexibility index (Phi) is 4.90. The molecule has 2 aromatic heterocycles. The van der Waals surface area contributed by atoms with E-state index in [0.29, 0.717) is 11.3 Å². The lowest BCUT2D eigenvalue weighted by Crippen LogP contribution is -2.37. The number of pyridine rings is 1. The maximum Gasteiger partial charge on any atom is 0.144 e. The molecule has 0 aliphatic carbocycles. The molecule has 0 N–H and O–H groups in total. The molecule has 0 fully saturated rings. The van der Waals surface area contributed by atoms with Crippen molar-refractivity contribution in [3.63, 3.8) is 0 Å². The van der Waals surface area contributed by atoms with Crippen LogP contribution in [0.25, 0.3) is 44.3 Å². The fourth-order valence-electron chi connectivity index (χ4n) is 4.43. The zero-order chi connectivity index (χ0) is 25.9. The Labute approximate surface area is 206 Å². The summed E-state index contributed by atoms with van der Waals surface area (Å²) < 4.78 is 23.8. The number of hydrogen-bond acceptors (Lipinski definition) is 2. The van der Waals surface area contributed by atoms with Crippen LogP contribution in [-0.2, 0) is 6.37 Å². The highest BCUT2D eigenvalue weighted by molar-refractivity contribution is 6.88. The van der Waals surface area contributed by atoms with Crippen LogP contribution in [0.2, 0.25) is 19.6 Å². The van der Waals surface area contributed by atoms with Crippen LogP contribution < -0.4 is 5.19 Å². The highest BCUT2D eigenvalue weighted by Gasteiger charge is 2.17. The Hall–Kier alpha value is -3.17. The number of para-hydroxylation sites is 1. The van der Waals surface area contributed by atoms with Crippen molar-refractivity contribution in [2.24, 2.45) is 5.41 Å². The Bertz CT molecular complexity index is 1570. The topological polar surface area (TPSA) is 26.0 Å². The van der Waals surface area contributed by atoms with E-state index in [2.05, 4.69) is 73.2 Å². The van der Waals surface area contributed by atoms with Crippen molar-refractivity contribution in [1.29, 1.82) is 0 Å². The van der Waals surface area contributed by atoms with Crippen molar-refractivity contribution in [3.8, 4) is 22.4 Å². The van der Waals surface area contributed by atoms with Crippen molar-refractivity contribution in [2.75, 3.05) is 0 Å². The van der Waals surface area contributed by atoms with Gasteiger partial charge in [0.25, 0.3) is 0 Å². The second-order valence-electron chi connectivity index (χ2n) is 11.1. The molecule has 0 aliphatic rings. The number of hydrogen-bond donors (Lipinski definition) is 0. The number of nitrogens with zero attached hydrogens (tertiary/aromatic N) is 1. The van der Waals surface area contributed by atoms with Gasteiger partial charge in [-0.1, -0.05) is 88.1 Å². The molecule has 0 bridgehead atoms. The number of rotatable bonds is 4. The van der Waals surface area contributed by atoms with Crippen LogP contribution in [0.15, 0.2) is 83.4 Å². The molecular weight excluding hydrogens is 430 g/mol. The average molecular weight is 466 g/mol. The number of benzene rings is 3. The molecule has 172 valence electrons. The van der Waals surface area contributed by atoms with Crippen LogP contribution in [0.4, 0.5) is 0 Å². The third kappa shape index (κ3) is 4.45. The largest absolute Gasteiger partial charge is 0.455 e. The lowest BCUT2D eigenvalue weighted by Gasteiger charge is -2.18. The highest BCUT2D eigenvalue weighted by Crippen LogP contribution is 2.37. The first kappa shape index (κ1) is 20.2. The predicted octanol–water partition coefficient (Wildman–Crippen LogP) is 8.45. The summed E-state index contributed by atoms with van der Waals surface area (Å²) in [6.45, 7) is 12.8. The van der Waals surface area contributed by atoms with Gasteiger partial charge >= 0.3 is 0 Å². The summed E-state index contributed by atoms with van der Waals surface area (Å²) in [6, 6.07) is 25.1. The molecule has 0 aliphatic heterocycles. The maximum atomic E-state index is 8.70. The first-order valence-electron chi connectivity index (χ1n) is 12.9. The van der Waals surface area contributed by atoms with E-state index in [0.717, 1.165) is 33.1 Å². The van der Waals surface area contributed by atoms with Crippen LogP contribution in [0.5, 0.6) is 0 Å². The minimum Gasteiger partial charge on any atom is -0.455 e. The van der Waals surface area contributed by atoms with Gasteiger partial charge in [-0.2, -0.15) is 0 Å². The first-order chi connectivity index (χ1) is 16.9. The fourth-order valence-corrected chi connectivity index (χ4v) is 5.60. The molecule has 5 rings (SSSR count). The van der Waals surface area contributed by atoms with Gasteiger partial charge in [0.2, 0.25) is 0 Å². The third-order valence-corrected chi connectivity index (χ3v) is 8.20. The van der Waals surface area contributed by atoms with Gasteiger partial charge in [0.05, 0.1) is 13.8 Å². The predicted molar refractivity (Wildman–Crippen MR) is 149 cm³/mol. The van der Waals surface area contributed by atoms with Crippen LogP contribution in [0.1, 0.15) is 29.1 Å². The summed E-state index contributed by atoms with van der Waals surface area (Å²) in [4.78, 5) is 4.60. The van der Waals surface area contributed by atoms with Crippen molar-refractivity contribution >= 4 is 35.2 Å². The molecular formula is C31H33NOSi. The number of fused-ring (bicyclic) bond motifs is 3. The van der Waals surface area contributed by atoms with E-state index in [-0.39, 0.29) is 0 Å². The van der Waals surface area contributed by atoms with Crippen LogP contribution >= 0.6 is 0 Å². The summed E-state index contributed by atoms with van der Waals surface area (Å²) in [5.74, 6) is 0. The van der Waals surface area contributed by atoms with Crippen LogP contribution in [0.3, 0.4) is 0 Å². The van der Waals surface area contributed by atoms with Crippen LogP contribution in [-0.4, -0.2) is 13.1 Å². The molecule has 2 nitrogen and oxygen atoms in total. The zero-order valence-corrected chi connectivity index (χ0v) is 21.9. The zero-order valence-electron chi connectivity index (χ0n) is 22.9. The van der Waals surface area contributed by atoms with Gasteiger partial charge in [-0.15, -0.1) is 0 Å². The Morgan fingerprint density at radius 1 is 0.853 bits per heavy atom. The van der Waals surface area contributed by atoms with Gasteiger partial charge < -0.3 is 4.42 Å². The smallest absolute Gasteiger partial charge is 0.144 e. The molecule has 3 aromatic carbocycles. The Morgan fingerprint density at radius 2 is 1.59 bits per heavy atom. The summed E-state index contributed by atoms with van der Waals surface area (Å²) >= 11 is 0. The van der Waals surface area contributed by atoms with Crippen molar-refractivity contribution in [2.45, 2.75) is 46.8 Å². The molecule has 2 heterocycles. The number of furan rings is 1. The molecule has 0 saturated carbocycles. The number of aromatic nitrogens is 1.